The Hall–Kier alpha value is -2.04. The second-order valence-electron chi connectivity index (χ2n) is 5.14. The van der Waals surface area contributed by atoms with Gasteiger partial charge in [0.15, 0.2) is 6.10 Å². The first-order valence-corrected chi connectivity index (χ1v) is 7.15. The van der Waals surface area contributed by atoms with Gasteiger partial charge in [0.25, 0.3) is 5.91 Å². The molecule has 0 heterocycles. The van der Waals surface area contributed by atoms with E-state index in [9.17, 15) is 9.59 Å². The number of esters is 1. The van der Waals surface area contributed by atoms with E-state index >= 15 is 0 Å². The summed E-state index contributed by atoms with van der Waals surface area (Å²) in [6, 6.07) is 6.54. The lowest BCUT2D eigenvalue weighted by Gasteiger charge is -2.15. The predicted molar refractivity (Wildman–Crippen MR) is 80.3 cm³/mol. The van der Waals surface area contributed by atoms with Crippen LogP contribution < -0.4 is 10.1 Å². The number of benzene rings is 1. The van der Waals surface area contributed by atoms with Crippen molar-refractivity contribution in [3.05, 3.63) is 29.8 Å². The van der Waals surface area contributed by atoms with Crippen molar-refractivity contribution >= 4 is 11.9 Å². The number of hydrogen-bond acceptors (Lipinski definition) is 4. The average molecular weight is 293 g/mol. The Morgan fingerprint density at radius 2 is 1.76 bits per heavy atom. The normalized spacial score (nSPS) is 11.9. The quantitative estimate of drug-likeness (QED) is 0.784. The molecule has 1 aromatic carbocycles. The van der Waals surface area contributed by atoms with Crippen molar-refractivity contribution in [3.8, 4) is 5.75 Å². The number of carbonyl (C=O) groups excluding carboxylic acids is 2. The number of hydrogen-bond donors (Lipinski definition) is 1. The van der Waals surface area contributed by atoms with Crippen LogP contribution in [0.1, 0.15) is 38.1 Å². The molecule has 1 amide bonds. The molecule has 116 valence electrons. The maximum atomic E-state index is 11.8. The zero-order valence-electron chi connectivity index (χ0n) is 13.0. The van der Waals surface area contributed by atoms with Crippen LogP contribution in [-0.4, -0.2) is 31.1 Å². The fourth-order valence-corrected chi connectivity index (χ4v) is 1.59. The van der Waals surface area contributed by atoms with Crippen LogP contribution in [0.2, 0.25) is 0 Å². The predicted octanol–water partition coefficient (Wildman–Crippen LogP) is 2.40. The van der Waals surface area contributed by atoms with Crippen molar-refractivity contribution < 1.29 is 19.1 Å². The van der Waals surface area contributed by atoms with Gasteiger partial charge < -0.3 is 14.8 Å². The molecule has 0 aliphatic carbocycles. The van der Waals surface area contributed by atoms with Crippen molar-refractivity contribution in [1.82, 2.24) is 5.32 Å². The molecule has 0 aliphatic heterocycles. The van der Waals surface area contributed by atoms with Gasteiger partial charge in [-0.25, -0.2) is 4.79 Å². The summed E-state index contributed by atoms with van der Waals surface area (Å²) in [5.41, 5.74) is 0.459. The highest BCUT2D eigenvalue weighted by molar-refractivity contribution is 5.89. The van der Waals surface area contributed by atoms with Crippen LogP contribution >= 0.6 is 0 Å². The van der Waals surface area contributed by atoms with Gasteiger partial charge >= 0.3 is 5.97 Å². The van der Waals surface area contributed by atoms with E-state index in [4.69, 9.17) is 9.47 Å². The minimum Gasteiger partial charge on any atom is -0.481 e. The third-order valence-electron chi connectivity index (χ3n) is 2.73. The molecule has 5 heteroatoms. The first-order chi connectivity index (χ1) is 9.93. The van der Waals surface area contributed by atoms with Crippen molar-refractivity contribution in [3.63, 3.8) is 0 Å². The zero-order chi connectivity index (χ0) is 15.8. The summed E-state index contributed by atoms with van der Waals surface area (Å²) in [5.74, 6) is 0.408. The second kappa shape index (κ2) is 8.29. The van der Waals surface area contributed by atoms with Crippen molar-refractivity contribution in [1.29, 1.82) is 0 Å². The Morgan fingerprint density at radius 3 is 2.29 bits per heavy atom. The average Bonchev–Trinajstić information content (AvgIpc) is 2.45. The summed E-state index contributed by atoms with van der Waals surface area (Å²) >= 11 is 0. The molecule has 21 heavy (non-hydrogen) atoms. The highest BCUT2D eigenvalue weighted by atomic mass is 16.5. The Kier molecular flexibility index (Phi) is 6.72. The monoisotopic (exact) mass is 293 g/mol. The Labute approximate surface area is 125 Å². The molecule has 1 N–H and O–H groups in total. The van der Waals surface area contributed by atoms with E-state index in [0.717, 1.165) is 0 Å². The molecule has 0 aliphatic rings. The summed E-state index contributed by atoms with van der Waals surface area (Å²) < 4.78 is 10.4. The van der Waals surface area contributed by atoms with E-state index in [1.807, 2.05) is 13.8 Å². The molecule has 0 saturated heterocycles. The Bertz CT molecular complexity index is 468. The SMILES string of the molecule is CCOC(=O)c1ccc(OC(C)C(=O)NCC(C)C)cc1. The van der Waals surface area contributed by atoms with Gasteiger partial charge in [-0.3, -0.25) is 4.79 Å². The molecule has 1 aromatic rings. The summed E-state index contributed by atoms with van der Waals surface area (Å²) in [4.78, 5) is 23.3. The van der Waals surface area contributed by atoms with Crippen LogP contribution in [0.25, 0.3) is 0 Å². The van der Waals surface area contributed by atoms with Crippen molar-refractivity contribution in [2.45, 2.75) is 33.8 Å². The lowest BCUT2D eigenvalue weighted by Crippen LogP contribution is -2.38. The van der Waals surface area contributed by atoms with Crippen LogP contribution in [0.3, 0.4) is 0 Å². The van der Waals surface area contributed by atoms with Crippen LogP contribution in [0, 0.1) is 5.92 Å². The smallest absolute Gasteiger partial charge is 0.338 e. The third-order valence-corrected chi connectivity index (χ3v) is 2.73. The molecule has 1 rings (SSSR count). The summed E-state index contributed by atoms with van der Waals surface area (Å²) in [7, 11) is 0. The van der Waals surface area contributed by atoms with E-state index in [-0.39, 0.29) is 11.9 Å². The van der Waals surface area contributed by atoms with E-state index in [1.54, 1.807) is 38.1 Å². The van der Waals surface area contributed by atoms with E-state index in [2.05, 4.69) is 5.32 Å². The number of nitrogens with one attached hydrogen (secondary N) is 1. The maximum absolute atomic E-state index is 11.8. The Morgan fingerprint density at radius 1 is 1.14 bits per heavy atom. The van der Waals surface area contributed by atoms with Gasteiger partial charge in [-0.1, -0.05) is 13.8 Å². The first kappa shape index (κ1) is 17.0. The number of rotatable bonds is 7. The molecule has 0 aromatic heterocycles. The van der Waals surface area contributed by atoms with Gasteiger partial charge in [-0.05, 0) is 44.0 Å². The van der Waals surface area contributed by atoms with Crippen LogP contribution in [0.4, 0.5) is 0 Å². The highest BCUT2D eigenvalue weighted by Crippen LogP contribution is 2.14. The molecular weight excluding hydrogens is 270 g/mol. The van der Waals surface area contributed by atoms with Crippen LogP contribution in [-0.2, 0) is 9.53 Å². The molecule has 0 spiro atoms. The van der Waals surface area contributed by atoms with Gasteiger partial charge in [0.2, 0.25) is 0 Å². The summed E-state index contributed by atoms with van der Waals surface area (Å²) in [5, 5.41) is 2.81. The molecule has 1 atom stereocenters. The minimum absolute atomic E-state index is 0.154. The summed E-state index contributed by atoms with van der Waals surface area (Å²) in [6.07, 6.45) is -0.586. The number of carbonyl (C=O) groups is 2. The van der Waals surface area contributed by atoms with Crippen LogP contribution in [0.15, 0.2) is 24.3 Å². The largest absolute Gasteiger partial charge is 0.481 e. The molecule has 0 saturated carbocycles. The maximum Gasteiger partial charge on any atom is 0.338 e. The molecule has 0 radical (unpaired) electrons. The second-order valence-corrected chi connectivity index (χ2v) is 5.14. The minimum atomic E-state index is -0.586. The molecular formula is C16H23NO4. The van der Waals surface area contributed by atoms with Gasteiger partial charge in [0.1, 0.15) is 5.75 Å². The third kappa shape index (κ3) is 5.85. The summed E-state index contributed by atoms with van der Waals surface area (Å²) in [6.45, 7) is 8.46. The molecule has 1 unspecified atom stereocenters. The fraction of sp³-hybridized carbons (Fsp3) is 0.500. The number of amides is 1. The van der Waals surface area contributed by atoms with Gasteiger partial charge in [0.05, 0.1) is 12.2 Å². The van der Waals surface area contributed by atoms with E-state index in [1.165, 1.54) is 0 Å². The van der Waals surface area contributed by atoms with Gasteiger partial charge in [-0.2, -0.15) is 0 Å². The van der Waals surface area contributed by atoms with Crippen LogP contribution in [0.5, 0.6) is 5.75 Å². The van der Waals surface area contributed by atoms with E-state index in [0.29, 0.717) is 30.4 Å². The fourth-order valence-electron chi connectivity index (χ4n) is 1.59. The lowest BCUT2D eigenvalue weighted by atomic mass is 10.2. The molecule has 0 bridgehead atoms. The Balaban J connectivity index is 2.55. The van der Waals surface area contributed by atoms with Crippen molar-refractivity contribution in [2.24, 2.45) is 5.92 Å². The van der Waals surface area contributed by atoms with Crippen molar-refractivity contribution in [2.75, 3.05) is 13.2 Å². The number of ether oxygens (including phenoxy) is 2. The topological polar surface area (TPSA) is 64.6 Å². The molecule has 0 fully saturated rings. The van der Waals surface area contributed by atoms with E-state index < -0.39 is 6.10 Å². The zero-order valence-corrected chi connectivity index (χ0v) is 13.0. The lowest BCUT2D eigenvalue weighted by molar-refractivity contribution is -0.127. The molecule has 5 nitrogen and oxygen atoms in total. The highest BCUT2D eigenvalue weighted by Gasteiger charge is 2.15. The van der Waals surface area contributed by atoms with Gasteiger partial charge in [0, 0.05) is 6.54 Å². The standard InChI is InChI=1S/C16H23NO4/c1-5-20-16(19)13-6-8-14(9-7-13)21-12(4)15(18)17-10-11(2)3/h6-9,11-12H,5,10H2,1-4H3,(H,17,18). The van der Waals surface area contributed by atoms with Gasteiger partial charge in [-0.15, -0.1) is 0 Å². The first-order valence-electron chi connectivity index (χ1n) is 7.15.